The van der Waals surface area contributed by atoms with Gasteiger partial charge in [-0.25, -0.2) is 18.7 Å². The highest BCUT2D eigenvalue weighted by molar-refractivity contribution is 6.16. The fraction of sp³-hybridized carbons (Fsp3) is 0.200. The second-order valence-corrected chi connectivity index (χ2v) is 5.11. The van der Waals surface area contributed by atoms with Crippen molar-refractivity contribution in [3.8, 4) is 0 Å². The predicted octanol–water partition coefficient (Wildman–Crippen LogP) is 3.81. The molecule has 108 valence electrons. The first-order chi connectivity index (χ1) is 10.1. The fourth-order valence-electron chi connectivity index (χ4n) is 2.25. The molecule has 1 aromatic carbocycles. The Morgan fingerprint density at radius 3 is 2.76 bits per heavy atom. The normalized spacial score (nSPS) is 11.2. The van der Waals surface area contributed by atoms with Crippen LogP contribution in [0, 0.1) is 18.6 Å². The molecule has 21 heavy (non-hydrogen) atoms. The molecule has 3 nitrogen and oxygen atoms in total. The summed E-state index contributed by atoms with van der Waals surface area (Å²) >= 11 is 5.91. The Labute approximate surface area is 125 Å². The maximum absolute atomic E-state index is 13.8. The van der Waals surface area contributed by atoms with Gasteiger partial charge < -0.3 is 4.57 Å². The molecule has 0 aliphatic carbocycles. The summed E-state index contributed by atoms with van der Waals surface area (Å²) in [4.78, 5) is 8.75. The Balaban J connectivity index is 2.10. The van der Waals surface area contributed by atoms with Crippen LogP contribution in [0.2, 0.25) is 0 Å². The molecule has 2 heterocycles. The van der Waals surface area contributed by atoms with E-state index in [2.05, 4.69) is 9.97 Å². The fourth-order valence-corrected chi connectivity index (χ4v) is 2.45. The Bertz CT molecular complexity index is 814. The van der Waals surface area contributed by atoms with Crippen LogP contribution in [-0.4, -0.2) is 14.5 Å². The summed E-state index contributed by atoms with van der Waals surface area (Å²) in [7, 11) is 0. The summed E-state index contributed by atoms with van der Waals surface area (Å²) in [5.41, 5.74) is 2.71. The summed E-state index contributed by atoms with van der Waals surface area (Å²) in [6.07, 6.45) is 1.72. The molecule has 0 aliphatic rings. The molecular weight excluding hydrogens is 296 g/mol. The number of rotatable bonds is 3. The number of aromatic nitrogens is 3. The lowest BCUT2D eigenvalue weighted by Gasteiger charge is -2.08. The first-order valence-corrected chi connectivity index (χ1v) is 6.93. The Morgan fingerprint density at radius 1 is 1.24 bits per heavy atom. The zero-order valence-electron chi connectivity index (χ0n) is 11.3. The van der Waals surface area contributed by atoms with E-state index in [9.17, 15) is 8.78 Å². The molecule has 0 fully saturated rings. The lowest BCUT2D eigenvalue weighted by Crippen LogP contribution is -2.06. The van der Waals surface area contributed by atoms with E-state index in [-0.39, 0.29) is 12.4 Å². The number of hydrogen-bond donors (Lipinski definition) is 0. The van der Waals surface area contributed by atoms with Crippen molar-refractivity contribution in [2.75, 3.05) is 0 Å². The molecule has 3 aromatic rings. The Hall–Kier alpha value is -2.01. The SMILES string of the molecule is Cc1cnc2c(c1)nc(CCl)n2Cc1ccc(F)cc1F. The molecule has 3 rings (SSSR count). The highest BCUT2D eigenvalue weighted by Crippen LogP contribution is 2.20. The Kier molecular flexibility index (Phi) is 3.59. The minimum Gasteiger partial charge on any atom is -0.307 e. The van der Waals surface area contributed by atoms with E-state index in [1.807, 2.05) is 13.0 Å². The highest BCUT2D eigenvalue weighted by atomic mass is 35.5. The van der Waals surface area contributed by atoms with Gasteiger partial charge in [0.2, 0.25) is 0 Å². The molecule has 0 radical (unpaired) electrons. The number of hydrogen-bond acceptors (Lipinski definition) is 2. The minimum atomic E-state index is -0.599. The Morgan fingerprint density at radius 2 is 2.05 bits per heavy atom. The third-order valence-electron chi connectivity index (χ3n) is 3.26. The molecule has 0 aliphatic heterocycles. The average Bonchev–Trinajstić information content (AvgIpc) is 2.79. The second kappa shape index (κ2) is 5.41. The zero-order chi connectivity index (χ0) is 15.0. The summed E-state index contributed by atoms with van der Waals surface area (Å²) in [6, 6.07) is 5.42. The number of halogens is 3. The third-order valence-corrected chi connectivity index (χ3v) is 3.50. The first kappa shape index (κ1) is 13.9. The minimum absolute atomic E-state index is 0.193. The van der Waals surface area contributed by atoms with Gasteiger partial charge in [-0.15, -0.1) is 11.6 Å². The molecule has 0 saturated carbocycles. The molecule has 0 atom stereocenters. The predicted molar refractivity (Wildman–Crippen MR) is 77.3 cm³/mol. The van der Waals surface area contributed by atoms with Crippen LogP contribution in [0.25, 0.3) is 11.2 Å². The molecule has 0 amide bonds. The molecule has 0 bridgehead atoms. The first-order valence-electron chi connectivity index (χ1n) is 6.40. The number of fused-ring (bicyclic) bond motifs is 1. The van der Waals surface area contributed by atoms with Crippen molar-refractivity contribution in [1.82, 2.24) is 14.5 Å². The van der Waals surface area contributed by atoms with Crippen LogP contribution < -0.4 is 0 Å². The van der Waals surface area contributed by atoms with Crippen LogP contribution in [-0.2, 0) is 12.4 Å². The summed E-state index contributed by atoms with van der Waals surface area (Å²) < 4.78 is 28.5. The van der Waals surface area contributed by atoms with Crippen LogP contribution >= 0.6 is 11.6 Å². The number of benzene rings is 1. The summed E-state index contributed by atoms with van der Waals surface area (Å²) in [6.45, 7) is 2.13. The van der Waals surface area contributed by atoms with Crippen molar-refractivity contribution in [3.63, 3.8) is 0 Å². The quantitative estimate of drug-likeness (QED) is 0.689. The van der Waals surface area contributed by atoms with Gasteiger partial charge in [0.25, 0.3) is 0 Å². The van der Waals surface area contributed by atoms with Gasteiger partial charge in [-0.1, -0.05) is 6.07 Å². The van der Waals surface area contributed by atoms with Crippen LogP contribution in [0.4, 0.5) is 8.78 Å². The van der Waals surface area contributed by atoms with E-state index in [4.69, 9.17) is 11.6 Å². The van der Waals surface area contributed by atoms with Gasteiger partial charge in [-0.05, 0) is 24.6 Å². The second-order valence-electron chi connectivity index (χ2n) is 4.84. The molecule has 6 heteroatoms. The number of pyridine rings is 1. The maximum Gasteiger partial charge on any atom is 0.160 e. The highest BCUT2D eigenvalue weighted by Gasteiger charge is 2.13. The summed E-state index contributed by atoms with van der Waals surface area (Å²) in [5, 5.41) is 0. The molecule has 0 saturated heterocycles. The molecule has 2 aromatic heterocycles. The molecule has 0 spiro atoms. The van der Waals surface area contributed by atoms with Gasteiger partial charge in [0.05, 0.1) is 12.4 Å². The molecule has 0 N–H and O–H groups in total. The average molecular weight is 308 g/mol. The van der Waals surface area contributed by atoms with Gasteiger partial charge in [-0.2, -0.15) is 0 Å². The summed E-state index contributed by atoms with van der Waals surface area (Å²) in [5.74, 6) is -0.394. The smallest absolute Gasteiger partial charge is 0.160 e. The third kappa shape index (κ3) is 2.61. The monoisotopic (exact) mass is 307 g/mol. The van der Waals surface area contributed by atoms with E-state index in [0.717, 1.165) is 11.6 Å². The largest absolute Gasteiger partial charge is 0.307 e. The van der Waals surface area contributed by atoms with E-state index >= 15 is 0 Å². The van der Waals surface area contributed by atoms with Gasteiger partial charge in [0, 0.05) is 17.8 Å². The maximum atomic E-state index is 13.8. The van der Waals surface area contributed by atoms with Crippen molar-refractivity contribution in [2.45, 2.75) is 19.3 Å². The lowest BCUT2D eigenvalue weighted by atomic mass is 10.2. The van der Waals surface area contributed by atoms with E-state index in [1.54, 1.807) is 10.8 Å². The van der Waals surface area contributed by atoms with E-state index in [0.29, 0.717) is 22.6 Å². The van der Waals surface area contributed by atoms with Crippen molar-refractivity contribution < 1.29 is 8.78 Å². The van der Waals surface area contributed by atoms with Crippen LogP contribution in [0.1, 0.15) is 17.0 Å². The van der Waals surface area contributed by atoms with Gasteiger partial charge in [-0.3, -0.25) is 0 Å². The van der Waals surface area contributed by atoms with E-state index < -0.39 is 11.6 Å². The van der Waals surface area contributed by atoms with Gasteiger partial charge in [0.1, 0.15) is 23.0 Å². The van der Waals surface area contributed by atoms with Crippen LogP contribution in [0.5, 0.6) is 0 Å². The van der Waals surface area contributed by atoms with Gasteiger partial charge >= 0.3 is 0 Å². The van der Waals surface area contributed by atoms with E-state index in [1.165, 1.54) is 12.1 Å². The van der Waals surface area contributed by atoms with Crippen molar-refractivity contribution >= 4 is 22.8 Å². The number of imidazole rings is 1. The number of nitrogens with zero attached hydrogens (tertiary/aromatic N) is 3. The number of alkyl halides is 1. The topological polar surface area (TPSA) is 30.7 Å². The molecule has 0 unspecified atom stereocenters. The van der Waals surface area contributed by atoms with Gasteiger partial charge in [0.15, 0.2) is 5.65 Å². The van der Waals surface area contributed by atoms with Crippen LogP contribution in [0.3, 0.4) is 0 Å². The lowest BCUT2D eigenvalue weighted by molar-refractivity contribution is 0.566. The van der Waals surface area contributed by atoms with Crippen LogP contribution in [0.15, 0.2) is 30.5 Å². The van der Waals surface area contributed by atoms with Crippen molar-refractivity contribution in [3.05, 3.63) is 59.0 Å². The zero-order valence-corrected chi connectivity index (χ0v) is 12.0. The standard InChI is InChI=1S/C15H12ClF2N3/c1-9-4-13-15(19-7-9)21(14(6-16)20-13)8-10-2-3-11(17)5-12(10)18/h2-5,7H,6,8H2,1H3. The molecular formula is C15H12ClF2N3. The van der Waals surface area contributed by atoms with Crippen molar-refractivity contribution in [1.29, 1.82) is 0 Å². The number of aryl methyl sites for hydroxylation is 1. The van der Waals surface area contributed by atoms with Crippen molar-refractivity contribution in [2.24, 2.45) is 0 Å².